The molecule has 2 rings (SSSR count). The lowest BCUT2D eigenvalue weighted by atomic mass is 9.85. The van der Waals surface area contributed by atoms with Crippen LogP contribution in [0.4, 0.5) is 5.13 Å². The van der Waals surface area contributed by atoms with Crippen LogP contribution in [0.5, 0.6) is 11.5 Å². The fourth-order valence-corrected chi connectivity index (χ4v) is 5.07. The summed E-state index contributed by atoms with van der Waals surface area (Å²) in [7, 11) is 3.04. The Morgan fingerprint density at radius 2 is 1.81 bits per heavy atom. The summed E-state index contributed by atoms with van der Waals surface area (Å²) in [5.74, 6) is 1.55. The van der Waals surface area contributed by atoms with Gasteiger partial charge in [-0.1, -0.05) is 31.3 Å². The molecule has 1 heterocycles. The van der Waals surface area contributed by atoms with Gasteiger partial charge in [0.05, 0.1) is 14.2 Å². The number of nitrogens with zero attached hydrogens (tertiary/aromatic N) is 2. The summed E-state index contributed by atoms with van der Waals surface area (Å²) in [5, 5.41) is 12.8. The maximum Gasteiger partial charge on any atom is 0.265 e. The zero-order valence-corrected chi connectivity index (χ0v) is 17.4. The molecule has 6 nitrogen and oxygen atoms in total. The van der Waals surface area contributed by atoms with E-state index >= 15 is 0 Å². The van der Waals surface area contributed by atoms with E-state index in [9.17, 15) is 4.79 Å². The van der Waals surface area contributed by atoms with E-state index in [-0.39, 0.29) is 11.3 Å². The van der Waals surface area contributed by atoms with Gasteiger partial charge in [-0.3, -0.25) is 10.1 Å². The molecule has 0 fully saturated rings. The Hall–Kier alpha value is -1.80. The normalized spacial score (nSPS) is 11.3. The molecule has 0 aliphatic carbocycles. The minimum Gasteiger partial charge on any atom is -0.496 e. The van der Waals surface area contributed by atoms with Gasteiger partial charge in [-0.05, 0) is 31.2 Å². The van der Waals surface area contributed by atoms with Crippen LogP contribution >= 0.6 is 23.1 Å². The molecular formula is C18H25N3O3S2. The van der Waals surface area contributed by atoms with Crippen LogP contribution in [0.15, 0.2) is 18.2 Å². The summed E-state index contributed by atoms with van der Waals surface area (Å²) in [6.07, 6.45) is 4.05. The molecule has 0 radical (unpaired) electrons. The molecule has 1 amide bonds. The Morgan fingerprint density at radius 3 is 2.31 bits per heavy atom. The average Bonchev–Trinajstić information content (AvgIpc) is 3.14. The van der Waals surface area contributed by atoms with Crippen molar-refractivity contribution in [1.82, 2.24) is 10.2 Å². The summed E-state index contributed by atoms with van der Waals surface area (Å²) >= 11 is 3.23. The van der Waals surface area contributed by atoms with E-state index in [0.717, 1.165) is 23.6 Å². The number of ether oxygens (including phenoxy) is 2. The summed E-state index contributed by atoms with van der Waals surface area (Å²) in [4.78, 5) is 12.8. The molecule has 0 bridgehead atoms. The number of methoxy groups -OCH3 is 2. The van der Waals surface area contributed by atoms with Crippen LogP contribution in [0.25, 0.3) is 0 Å². The molecule has 26 heavy (non-hydrogen) atoms. The zero-order valence-electron chi connectivity index (χ0n) is 15.8. The number of carbonyl (C=O) groups excluding carboxylic acids is 1. The van der Waals surface area contributed by atoms with Crippen LogP contribution in [-0.2, 0) is 5.41 Å². The molecule has 0 aliphatic heterocycles. The Morgan fingerprint density at radius 1 is 1.19 bits per heavy atom. The van der Waals surface area contributed by atoms with Crippen molar-refractivity contribution in [2.45, 2.75) is 32.1 Å². The molecule has 0 spiro atoms. The van der Waals surface area contributed by atoms with Crippen molar-refractivity contribution in [3.05, 3.63) is 28.8 Å². The molecule has 2 aromatic rings. The predicted molar refractivity (Wildman–Crippen MR) is 108 cm³/mol. The van der Waals surface area contributed by atoms with E-state index in [1.165, 1.54) is 25.6 Å². The summed E-state index contributed by atoms with van der Waals surface area (Å²) in [6.45, 7) is 4.33. The lowest BCUT2D eigenvalue weighted by Gasteiger charge is -2.27. The van der Waals surface area contributed by atoms with Crippen molar-refractivity contribution < 1.29 is 14.3 Å². The second-order valence-corrected chi connectivity index (χ2v) is 7.67. The topological polar surface area (TPSA) is 73.3 Å². The summed E-state index contributed by atoms with van der Waals surface area (Å²) < 4.78 is 10.6. The first-order chi connectivity index (χ1) is 12.5. The first-order valence-corrected chi connectivity index (χ1v) is 10.6. The van der Waals surface area contributed by atoms with Crippen molar-refractivity contribution in [3.8, 4) is 11.5 Å². The van der Waals surface area contributed by atoms with Crippen LogP contribution in [0.2, 0.25) is 0 Å². The number of anilines is 1. The third-order valence-corrected chi connectivity index (χ3v) is 6.45. The summed E-state index contributed by atoms with van der Waals surface area (Å²) in [5.41, 5.74) is 0.331. The van der Waals surface area contributed by atoms with Crippen molar-refractivity contribution in [3.63, 3.8) is 0 Å². The molecule has 0 saturated carbocycles. The number of benzene rings is 1. The van der Waals surface area contributed by atoms with Gasteiger partial charge in [0.2, 0.25) is 5.13 Å². The molecular weight excluding hydrogens is 370 g/mol. The van der Waals surface area contributed by atoms with E-state index in [1.807, 2.05) is 0 Å². The fraction of sp³-hybridized carbons (Fsp3) is 0.500. The van der Waals surface area contributed by atoms with Gasteiger partial charge in [0.1, 0.15) is 22.1 Å². The molecule has 8 heteroatoms. The number of hydrogen-bond donors (Lipinski definition) is 1. The van der Waals surface area contributed by atoms with Crippen LogP contribution in [0.1, 0.15) is 42.1 Å². The molecule has 1 aromatic heterocycles. The summed E-state index contributed by atoms with van der Waals surface area (Å²) in [6, 6.07) is 5.22. The first kappa shape index (κ1) is 20.5. The van der Waals surface area contributed by atoms with Crippen molar-refractivity contribution in [1.29, 1.82) is 0 Å². The lowest BCUT2D eigenvalue weighted by Crippen LogP contribution is -2.27. The number of carbonyl (C=O) groups is 1. The SMILES string of the molecule is CCC(CC)(CSC)c1nnc(NC(=O)c2c(OC)cccc2OC)s1. The smallest absolute Gasteiger partial charge is 0.265 e. The number of hydrogen-bond acceptors (Lipinski definition) is 7. The number of amides is 1. The van der Waals surface area contributed by atoms with E-state index in [0.29, 0.717) is 22.2 Å². The van der Waals surface area contributed by atoms with E-state index in [1.54, 1.807) is 30.0 Å². The Balaban J connectivity index is 2.28. The van der Waals surface area contributed by atoms with Crippen molar-refractivity contribution in [2.75, 3.05) is 31.5 Å². The highest BCUT2D eigenvalue weighted by Gasteiger charge is 2.32. The molecule has 1 N–H and O–H groups in total. The van der Waals surface area contributed by atoms with Gasteiger partial charge in [0.25, 0.3) is 5.91 Å². The number of thioether (sulfide) groups is 1. The lowest BCUT2D eigenvalue weighted by molar-refractivity contribution is 0.102. The molecule has 0 aliphatic rings. The van der Waals surface area contributed by atoms with Gasteiger partial charge in [-0.2, -0.15) is 11.8 Å². The fourth-order valence-electron chi connectivity index (χ4n) is 2.82. The number of nitrogens with one attached hydrogen (secondary N) is 1. The minimum absolute atomic E-state index is 0.0117. The maximum absolute atomic E-state index is 12.8. The molecule has 142 valence electrons. The van der Waals surface area contributed by atoms with Gasteiger partial charge in [0, 0.05) is 11.2 Å². The van der Waals surface area contributed by atoms with Gasteiger partial charge in [0.15, 0.2) is 0 Å². The van der Waals surface area contributed by atoms with E-state index in [2.05, 4.69) is 35.6 Å². The van der Waals surface area contributed by atoms with E-state index in [4.69, 9.17) is 9.47 Å². The highest BCUT2D eigenvalue weighted by molar-refractivity contribution is 7.98. The number of rotatable bonds is 9. The third kappa shape index (κ3) is 4.12. The van der Waals surface area contributed by atoms with Crippen molar-refractivity contribution >= 4 is 34.1 Å². The van der Waals surface area contributed by atoms with Crippen LogP contribution in [-0.4, -0.2) is 42.3 Å². The monoisotopic (exact) mass is 395 g/mol. The first-order valence-electron chi connectivity index (χ1n) is 8.40. The van der Waals surface area contributed by atoms with Crippen LogP contribution in [0.3, 0.4) is 0 Å². The molecule has 0 saturated heterocycles. The third-order valence-electron chi connectivity index (χ3n) is 4.53. The van der Waals surface area contributed by atoms with Gasteiger partial charge in [-0.25, -0.2) is 0 Å². The van der Waals surface area contributed by atoms with Gasteiger partial charge >= 0.3 is 0 Å². The quantitative estimate of drug-likeness (QED) is 0.685. The Bertz CT molecular complexity index is 723. The maximum atomic E-state index is 12.8. The van der Waals surface area contributed by atoms with Crippen LogP contribution < -0.4 is 14.8 Å². The molecule has 0 atom stereocenters. The minimum atomic E-state index is -0.328. The van der Waals surface area contributed by atoms with E-state index < -0.39 is 0 Å². The second-order valence-electron chi connectivity index (χ2n) is 5.82. The Labute approximate surface area is 162 Å². The standard InChI is InChI=1S/C18H25N3O3S2/c1-6-18(7-2,11-25-5)16-20-21-17(26-16)19-15(22)14-12(23-3)9-8-10-13(14)24-4/h8-10H,6-7,11H2,1-5H3,(H,19,21,22). The Kier molecular flexibility index (Phi) is 7.28. The van der Waals surface area contributed by atoms with Crippen molar-refractivity contribution in [2.24, 2.45) is 0 Å². The largest absolute Gasteiger partial charge is 0.496 e. The molecule has 1 aromatic carbocycles. The van der Waals surface area contributed by atoms with Gasteiger partial charge in [-0.15, -0.1) is 10.2 Å². The zero-order chi connectivity index (χ0) is 19.2. The average molecular weight is 396 g/mol. The second kappa shape index (κ2) is 9.23. The number of aromatic nitrogens is 2. The predicted octanol–water partition coefficient (Wildman–Crippen LogP) is 4.23. The highest BCUT2D eigenvalue weighted by atomic mass is 32.2. The van der Waals surface area contributed by atoms with Crippen LogP contribution in [0, 0.1) is 0 Å². The van der Waals surface area contributed by atoms with Gasteiger partial charge < -0.3 is 9.47 Å². The highest BCUT2D eigenvalue weighted by Crippen LogP contribution is 2.38. The molecule has 0 unspecified atom stereocenters.